The van der Waals surface area contributed by atoms with E-state index in [0.717, 1.165) is 0 Å². The smallest absolute Gasteiger partial charge is 0.315 e. The van der Waals surface area contributed by atoms with Crippen LogP contribution in [-0.4, -0.2) is 46.1 Å². The van der Waals surface area contributed by atoms with Crippen molar-refractivity contribution in [1.82, 2.24) is 0 Å². The Labute approximate surface area is 122 Å². The van der Waals surface area contributed by atoms with Gasteiger partial charge in [0.25, 0.3) is 0 Å². The molecule has 0 aromatic heterocycles. The van der Waals surface area contributed by atoms with Gasteiger partial charge >= 0.3 is 11.9 Å². The standard InChI is InChI=1S/C15H20O6/c1-11-7-20-10(18)13(11,3)9(17)14-6-8(16)21-12(14,2)4-5-15(11,14)19/h9,17,19H,4-7H2,1-3H3/t9?,11-,12+,13+,14-,15+/m1/s1. The fourth-order valence-corrected chi connectivity index (χ4v) is 5.86. The molecule has 2 aliphatic heterocycles. The average molecular weight is 296 g/mol. The maximum atomic E-state index is 12.3. The summed E-state index contributed by atoms with van der Waals surface area (Å²) in [5.74, 6) is -0.924. The van der Waals surface area contributed by atoms with Gasteiger partial charge in [0, 0.05) is 5.41 Å². The lowest BCUT2D eigenvalue weighted by molar-refractivity contribution is -0.174. The van der Waals surface area contributed by atoms with Crippen LogP contribution in [0.2, 0.25) is 0 Å². The summed E-state index contributed by atoms with van der Waals surface area (Å²) in [5.41, 5.74) is -5.59. The van der Waals surface area contributed by atoms with Crippen LogP contribution in [-0.2, 0) is 19.1 Å². The zero-order valence-electron chi connectivity index (χ0n) is 12.4. The van der Waals surface area contributed by atoms with E-state index in [0.29, 0.717) is 12.8 Å². The highest BCUT2D eigenvalue weighted by molar-refractivity contribution is 5.84. The number of aliphatic hydroxyl groups is 2. The number of hydrogen-bond donors (Lipinski definition) is 2. The Morgan fingerprint density at radius 1 is 1.19 bits per heavy atom. The molecule has 6 atom stereocenters. The molecule has 0 aromatic carbocycles. The molecule has 6 nitrogen and oxygen atoms in total. The Morgan fingerprint density at radius 2 is 1.86 bits per heavy atom. The van der Waals surface area contributed by atoms with Gasteiger partial charge in [-0.3, -0.25) is 9.59 Å². The third kappa shape index (κ3) is 0.932. The normalized spacial score (nSPS) is 61.3. The lowest BCUT2D eigenvalue weighted by Crippen LogP contribution is -2.58. The summed E-state index contributed by atoms with van der Waals surface area (Å²) >= 11 is 0. The minimum absolute atomic E-state index is 0.0559. The molecule has 0 amide bonds. The lowest BCUT2D eigenvalue weighted by Gasteiger charge is -2.45. The van der Waals surface area contributed by atoms with Gasteiger partial charge in [0.2, 0.25) is 0 Å². The molecule has 21 heavy (non-hydrogen) atoms. The highest BCUT2D eigenvalue weighted by Crippen LogP contribution is 2.78. The summed E-state index contributed by atoms with van der Waals surface area (Å²) in [4.78, 5) is 24.3. The van der Waals surface area contributed by atoms with Gasteiger partial charge in [-0.15, -0.1) is 0 Å². The molecule has 4 fully saturated rings. The van der Waals surface area contributed by atoms with Gasteiger partial charge in [0.15, 0.2) is 0 Å². The van der Waals surface area contributed by atoms with Crippen LogP contribution >= 0.6 is 0 Å². The number of carbonyl (C=O) groups is 2. The van der Waals surface area contributed by atoms with Crippen molar-refractivity contribution in [3.05, 3.63) is 0 Å². The first-order chi connectivity index (χ1) is 9.59. The van der Waals surface area contributed by atoms with Gasteiger partial charge in [0.1, 0.15) is 17.6 Å². The van der Waals surface area contributed by atoms with E-state index in [1.807, 2.05) is 0 Å². The molecule has 0 aromatic rings. The van der Waals surface area contributed by atoms with Crippen LogP contribution < -0.4 is 0 Å². The van der Waals surface area contributed by atoms with Crippen molar-refractivity contribution in [2.45, 2.75) is 57.3 Å². The van der Waals surface area contributed by atoms with Crippen molar-refractivity contribution < 1.29 is 29.3 Å². The molecule has 0 bridgehead atoms. The quantitative estimate of drug-likeness (QED) is 0.618. The topological polar surface area (TPSA) is 93.1 Å². The zero-order chi connectivity index (χ0) is 15.5. The number of ether oxygens (including phenoxy) is 2. The molecular weight excluding hydrogens is 276 g/mol. The first-order valence-corrected chi connectivity index (χ1v) is 7.39. The third-order valence-corrected chi connectivity index (χ3v) is 7.40. The van der Waals surface area contributed by atoms with Crippen LogP contribution in [0.4, 0.5) is 0 Å². The molecule has 6 heteroatoms. The Hall–Kier alpha value is -1.14. The summed E-state index contributed by atoms with van der Waals surface area (Å²) in [5, 5.41) is 22.6. The van der Waals surface area contributed by atoms with E-state index in [1.54, 1.807) is 20.8 Å². The Bertz CT molecular complexity index is 589. The van der Waals surface area contributed by atoms with Gasteiger partial charge < -0.3 is 19.7 Å². The van der Waals surface area contributed by atoms with Crippen molar-refractivity contribution in [2.24, 2.45) is 16.2 Å². The van der Waals surface area contributed by atoms with E-state index in [9.17, 15) is 19.8 Å². The molecule has 2 N–H and O–H groups in total. The van der Waals surface area contributed by atoms with Crippen LogP contribution in [0.3, 0.4) is 0 Å². The third-order valence-electron chi connectivity index (χ3n) is 7.40. The fourth-order valence-electron chi connectivity index (χ4n) is 5.86. The molecule has 1 spiro atoms. The Morgan fingerprint density at radius 3 is 2.52 bits per heavy atom. The van der Waals surface area contributed by atoms with Gasteiger partial charge in [-0.2, -0.15) is 0 Å². The monoisotopic (exact) mass is 296 g/mol. The average Bonchev–Trinajstić information content (AvgIpc) is 2.94. The lowest BCUT2D eigenvalue weighted by atomic mass is 9.61. The Balaban J connectivity index is 2.03. The first kappa shape index (κ1) is 13.5. The van der Waals surface area contributed by atoms with Gasteiger partial charge in [-0.25, -0.2) is 0 Å². The summed E-state index contributed by atoms with van der Waals surface area (Å²) in [6.45, 7) is 5.24. The van der Waals surface area contributed by atoms with Crippen LogP contribution in [0.1, 0.15) is 40.0 Å². The van der Waals surface area contributed by atoms with Gasteiger partial charge in [-0.1, -0.05) is 6.92 Å². The maximum absolute atomic E-state index is 12.3. The van der Waals surface area contributed by atoms with E-state index >= 15 is 0 Å². The molecule has 2 saturated carbocycles. The zero-order valence-corrected chi connectivity index (χ0v) is 12.4. The van der Waals surface area contributed by atoms with Crippen molar-refractivity contribution in [3.8, 4) is 0 Å². The fraction of sp³-hybridized carbons (Fsp3) is 0.867. The molecule has 2 saturated heterocycles. The van der Waals surface area contributed by atoms with Crippen LogP contribution in [0, 0.1) is 16.2 Å². The number of fused-ring (bicyclic) bond motifs is 2. The van der Waals surface area contributed by atoms with Crippen LogP contribution in [0.25, 0.3) is 0 Å². The number of hydrogen-bond acceptors (Lipinski definition) is 6. The number of carbonyl (C=O) groups excluding carboxylic acids is 2. The molecule has 2 aliphatic carbocycles. The minimum Gasteiger partial charge on any atom is -0.464 e. The van der Waals surface area contributed by atoms with Crippen LogP contribution in [0.15, 0.2) is 0 Å². The van der Waals surface area contributed by atoms with Gasteiger partial charge in [-0.05, 0) is 26.7 Å². The van der Waals surface area contributed by atoms with E-state index in [1.165, 1.54) is 0 Å². The molecule has 2 heterocycles. The predicted molar refractivity (Wildman–Crippen MR) is 68.9 cm³/mol. The second-order valence-electron chi connectivity index (χ2n) is 7.73. The number of esters is 2. The highest BCUT2D eigenvalue weighted by atomic mass is 16.6. The number of rotatable bonds is 0. The van der Waals surface area contributed by atoms with E-state index < -0.39 is 45.5 Å². The van der Waals surface area contributed by atoms with Crippen LogP contribution in [0.5, 0.6) is 0 Å². The molecule has 0 radical (unpaired) electrons. The second kappa shape index (κ2) is 3.13. The van der Waals surface area contributed by atoms with Crippen molar-refractivity contribution in [3.63, 3.8) is 0 Å². The summed E-state index contributed by atoms with van der Waals surface area (Å²) in [6.07, 6.45) is -0.364. The number of cyclic esters (lactones) is 1. The van der Waals surface area contributed by atoms with Crippen molar-refractivity contribution >= 4 is 11.9 Å². The molecule has 4 rings (SSSR count). The van der Waals surface area contributed by atoms with Crippen molar-refractivity contribution in [1.29, 1.82) is 0 Å². The predicted octanol–water partition coefficient (Wildman–Crippen LogP) is 0.147. The van der Waals surface area contributed by atoms with Gasteiger partial charge in [0.05, 0.1) is 23.5 Å². The van der Waals surface area contributed by atoms with E-state index in [-0.39, 0.29) is 13.0 Å². The largest absolute Gasteiger partial charge is 0.464 e. The maximum Gasteiger partial charge on any atom is 0.315 e. The van der Waals surface area contributed by atoms with E-state index in [4.69, 9.17) is 9.47 Å². The van der Waals surface area contributed by atoms with Crippen molar-refractivity contribution in [2.75, 3.05) is 6.61 Å². The molecule has 1 unspecified atom stereocenters. The minimum atomic E-state index is -1.36. The summed E-state index contributed by atoms with van der Waals surface area (Å²) in [7, 11) is 0. The molecule has 4 aliphatic rings. The summed E-state index contributed by atoms with van der Waals surface area (Å²) < 4.78 is 10.7. The first-order valence-electron chi connectivity index (χ1n) is 7.39. The molecular formula is C15H20O6. The highest BCUT2D eigenvalue weighted by Gasteiger charge is 2.91. The SMILES string of the molecule is C[C@@]12COC(=O)[C@]1(C)C(O)[C@]13CC(=O)O[C@@]1(C)CC[C@]23O. The Kier molecular flexibility index (Phi) is 2.01. The summed E-state index contributed by atoms with van der Waals surface area (Å²) in [6, 6.07) is 0. The second-order valence-corrected chi connectivity index (χ2v) is 7.73. The number of aliphatic hydroxyl groups excluding tert-OH is 1. The van der Waals surface area contributed by atoms with E-state index in [2.05, 4.69) is 0 Å². The molecule has 116 valence electrons.